The Morgan fingerprint density at radius 1 is 1.37 bits per heavy atom. The van der Waals surface area contributed by atoms with Crippen LogP contribution >= 0.6 is 11.6 Å². The van der Waals surface area contributed by atoms with Crippen LogP contribution in [0.2, 0.25) is 5.02 Å². The molecular weight excluding hydrogens is 266 g/mol. The van der Waals surface area contributed by atoms with Gasteiger partial charge in [-0.1, -0.05) is 23.7 Å². The summed E-state index contributed by atoms with van der Waals surface area (Å²) in [4.78, 5) is 18.7. The summed E-state index contributed by atoms with van der Waals surface area (Å²) in [7, 11) is 0. The van der Waals surface area contributed by atoms with Crippen LogP contribution < -0.4 is 5.32 Å². The van der Waals surface area contributed by atoms with Crippen molar-refractivity contribution in [3.63, 3.8) is 0 Å². The minimum absolute atomic E-state index is 0.0447. The molecule has 5 nitrogen and oxygen atoms in total. The molecule has 0 amide bonds. The monoisotopic (exact) mass is 277 g/mol. The second-order valence-corrected chi connectivity index (χ2v) is 4.44. The van der Waals surface area contributed by atoms with Gasteiger partial charge in [0, 0.05) is 17.3 Å². The fourth-order valence-electron chi connectivity index (χ4n) is 1.64. The molecule has 19 heavy (non-hydrogen) atoms. The maximum absolute atomic E-state index is 11.0. The Kier molecular flexibility index (Phi) is 3.97. The number of hydrogen-bond donors (Lipinski definition) is 2. The average Bonchev–Trinajstić information content (AvgIpc) is 2.39. The van der Waals surface area contributed by atoms with Crippen molar-refractivity contribution in [2.24, 2.45) is 0 Å². The van der Waals surface area contributed by atoms with Crippen LogP contribution in [-0.4, -0.2) is 21.0 Å². The number of halogens is 1. The van der Waals surface area contributed by atoms with Crippen molar-refractivity contribution < 1.29 is 9.90 Å². The Labute approximate surface area is 115 Å². The zero-order valence-corrected chi connectivity index (χ0v) is 10.9. The van der Waals surface area contributed by atoms with Crippen molar-refractivity contribution in [3.05, 3.63) is 52.9 Å². The topological polar surface area (TPSA) is 75.1 Å². The summed E-state index contributed by atoms with van der Waals surface area (Å²) < 4.78 is 0. The van der Waals surface area contributed by atoms with Crippen LogP contribution in [0.5, 0.6) is 0 Å². The number of nitrogens with zero attached hydrogens (tertiary/aromatic N) is 2. The summed E-state index contributed by atoms with van der Waals surface area (Å²) >= 11 is 5.82. The normalized spacial score (nSPS) is 11.9. The molecule has 2 N–H and O–H groups in total. The van der Waals surface area contributed by atoms with Crippen molar-refractivity contribution >= 4 is 23.4 Å². The Balaban J connectivity index is 2.21. The third-order valence-electron chi connectivity index (χ3n) is 2.67. The standard InChI is InChI=1S/C13H12ClN3O2/c1-8(9-2-4-10(14)5-3-9)17-12-11(13(18)19)6-15-7-16-12/h2-8H,1H3,(H,18,19)(H,15,16,17). The number of carbonyl (C=O) groups is 1. The van der Waals surface area contributed by atoms with Crippen LogP contribution in [0.15, 0.2) is 36.8 Å². The first-order chi connectivity index (χ1) is 9.08. The number of aromatic carboxylic acids is 1. The lowest BCUT2D eigenvalue weighted by molar-refractivity contribution is 0.0697. The van der Waals surface area contributed by atoms with Gasteiger partial charge in [-0.25, -0.2) is 14.8 Å². The predicted molar refractivity (Wildman–Crippen MR) is 72.5 cm³/mol. The summed E-state index contributed by atoms with van der Waals surface area (Å²) in [5, 5.41) is 12.8. The molecule has 6 heteroatoms. The number of carboxylic acids is 1. The minimum Gasteiger partial charge on any atom is -0.477 e. The number of carboxylic acid groups (broad SMARTS) is 1. The third kappa shape index (κ3) is 3.20. The van der Waals surface area contributed by atoms with E-state index in [1.54, 1.807) is 12.1 Å². The highest BCUT2D eigenvalue weighted by atomic mass is 35.5. The van der Waals surface area contributed by atoms with Crippen molar-refractivity contribution in [1.29, 1.82) is 0 Å². The van der Waals surface area contributed by atoms with Gasteiger partial charge in [-0.3, -0.25) is 0 Å². The molecule has 0 aliphatic rings. The van der Waals surface area contributed by atoms with Gasteiger partial charge in [-0.05, 0) is 24.6 Å². The summed E-state index contributed by atoms with van der Waals surface area (Å²) in [6.45, 7) is 1.91. The van der Waals surface area contributed by atoms with E-state index in [0.717, 1.165) is 5.56 Å². The summed E-state index contributed by atoms with van der Waals surface area (Å²) in [6.07, 6.45) is 2.58. The summed E-state index contributed by atoms with van der Waals surface area (Å²) in [5.41, 5.74) is 1.03. The molecule has 0 spiro atoms. The van der Waals surface area contributed by atoms with E-state index in [1.165, 1.54) is 12.5 Å². The molecule has 2 aromatic rings. The number of anilines is 1. The summed E-state index contributed by atoms with van der Waals surface area (Å²) in [5.74, 6) is -0.767. The van der Waals surface area contributed by atoms with E-state index >= 15 is 0 Å². The average molecular weight is 278 g/mol. The van der Waals surface area contributed by atoms with Crippen molar-refractivity contribution in [2.75, 3.05) is 5.32 Å². The van der Waals surface area contributed by atoms with E-state index < -0.39 is 5.97 Å². The molecule has 0 radical (unpaired) electrons. The smallest absolute Gasteiger partial charge is 0.341 e. The van der Waals surface area contributed by atoms with Gasteiger partial charge in [0.05, 0.1) is 0 Å². The molecule has 98 valence electrons. The molecule has 0 fully saturated rings. The van der Waals surface area contributed by atoms with Gasteiger partial charge in [-0.2, -0.15) is 0 Å². The van der Waals surface area contributed by atoms with E-state index in [1.807, 2.05) is 19.1 Å². The van der Waals surface area contributed by atoms with Crippen LogP contribution in [0, 0.1) is 0 Å². The van der Waals surface area contributed by atoms with Gasteiger partial charge in [0.1, 0.15) is 17.7 Å². The molecule has 1 unspecified atom stereocenters. The van der Waals surface area contributed by atoms with E-state index in [2.05, 4.69) is 15.3 Å². The SMILES string of the molecule is CC(Nc1ncncc1C(=O)O)c1ccc(Cl)cc1. The van der Waals surface area contributed by atoms with Gasteiger partial charge in [0.25, 0.3) is 0 Å². The lowest BCUT2D eigenvalue weighted by Gasteiger charge is -2.16. The van der Waals surface area contributed by atoms with Crippen molar-refractivity contribution in [3.8, 4) is 0 Å². The molecule has 1 heterocycles. The van der Waals surface area contributed by atoms with E-state index in [4.69, 9.17) is 16.7 Å². The van der Waals surface area contributed by atoms with E-state index in [0.29, 0.717) is 10.8 Å². The first kappa shape index (κ1) is 13.3. The zero-order chi connectivity index (χ0) is 13.8. The van der Waals surface area contributed by atoms with Gasteiger partial charge in [0.15, 0.2) is 0 Å². The van der Waals surface area contributed by atoms with Gasteiger partial charge < -0.3 is 10.4 Å². The maximum Gasteiger partial charge on any atom is 0.341 e. The molecule has 1 aromatic heterocycles. The predicted octanol–water partition coefficient (Wildman–Crippen LogP) is 3.00. The molecule has 1 atom stereocenters. The molecule has 0 saturated carbocycles. The quantitative estimate of drug-likeness (QED) is 0.898. The van der Waals surface area contributed by atoms with Crippen LogP contribution in [0.4, 0.5) is 5.82 Å². The van der Waals surface area contributed by atoms with Crippen LogP contribution in [0.3, 0.4) is 0 Å². The molecule has 0 aliphatic carbocycles. The molecule has 0 aliphatic heterocycles. The lowest BCUT2D eigenvalue weighted by atomic mass is 10.1. The highest BCUT2D eigenvalue weighted by Crippen LogP contribution is 2.21. The molecule has 1 aromatic carbocycles. The van der Waals surface area contributed by atoms with Gasteiger partial charge >= 0.3 is 5.97 Å². The fourth-order valence-corrected chi connectivity index (χ4v) is 1.77. The highest BCUT2D eigenvalue weighted by molar-refractivity contribution is 6.30. The first-order valence-electron chi connectivity index (χ1n) is 5.63. The van der Waals surface area contributed by atoms with E-state index in [9.17, 15) is 4.79 Å². The fraction of sp³-hybridized carbons (Fsp3) is 0.154. The molecule has 2 rings (SSSR count). The Bertz CT molecular complexity index is 587. The zero-order valence-electron chi connectivity index (χ0n) is 10.2. The second kappa shape index (κ2) is 5.67. The lowest BCUT2D eigenvalue weighted by Crippen LogP contribution is -2.12. The highest BCUT2D eigenvalue weighted by Gasteiger charge is 2.14. The van der Waals surface area contributed by atoms with E-state index in [-0.39, 0.29) is 11.6 Å². The van der Waals surface area contributed by atoms with Crippen LogP contribution in [0.1, 0.15) is 28.9 Å². The molecule has 0 bridgehead atoms. The number of aromatic nitrogens is 2. The Morgan fingerprint density at radius 2 is 2.05 bits per heavy atom. The number of rotatable bonds is 4. The van der Waals surface area contributed by atoms with Crippen LogP contribution in [0.25, 0.3) is 0 Å². The van der Waals surface area contributed by atoms with Crippen molar-refractivity contribution in [2.45, 2.75) is 13.0 Å². The second-order valence-electron chi connectivity index (χ2n) is 4.01. The van der Waals surface area contributed by atoms with Gasteiger partial charge in [0.2, 0.25) is 0 Å². The van der Waals surface area contributed by atoms with Gasteiger partial charge in [-0.15, -0.1) is 0 Å². The Hall–Kier alpha value is -2.14. The van der Waals surface area contributed by atoms with Crippen molar-refractivity contribution in [1.82, 2.24) is 9.97 Å². The summed E-state index contributed by atoms with van der Waals surface area (Å²) in [6, 6.07) is 7.23. The Morgan fingerprint density at radius 3 is 2.68 bits per heavy atom. The minimum atomic E-state index is -1.06. The largest absolute Gasteiger partial charge is 0.477 e. The van der Waals surface area contributed by atoms with Crippen LogP contribution in [-0.2, 0) is 0 Å². The maximum atomic E-state index is 11.0. The number of nitrogens with one attached hydrogen (secondary N) is 1. The third-order valence-corrected chi connectivity index (χ3v) is 2.92. The molecular formula is C13H12ClN3O2. The number of hydrogen-bond acceptors (Lipinski definition) is 4. The number of benzene rings is 1. The molecule has 0 saturated heterocycles. The first-order valence-corrected chi connectivity index (χ1v) is 6.01.